The molecule has 1 fully saturated rings. The number of hydrogen-bond donors (Lipinski definition) is 0. The van der Waals surface area contributed by atoms with Gasteiger partial charge in [0.05, 0.1) is 6.04 Å². The summed E-state index contributed by atoms with van der Waals surface area (Å²) in [7, 11) is 0. The molecular formula is C18H19FN2O. The van der Waals surface area contributed by atoms with Gasteiger partial charge in [-0.25, -0.2) is 4.39 Å². The number of halogens is 1. The van der Waals surface area contributed by atoms with Crippen LogP contribution >= 0.6 is 0 Å². The Morgan fingerprint density at radius 1 is 1.05 bits per heavy atom. The highest BCUT2D eigenvalue weighted by Gasteiger charge is 2.31. The summed E-state index contributed by atoms with van der Waals surface area (Å²) in [5.74, 6) is -0.124. The van der Waals surface area contributed by atoms with Crippen LogP contribution in [0.1, 0.15) is 12.5 Å². The highest BCUT2D eigenvalue weighted by Crippen LogP contribution is 2.21. The lowest BCUT2D eigenvalue weighted by Gasteiger charge is -2.39. The lowest BCUT2D eigenvalue weighted by Crippen LogP contribution is -2.55. The van der Waals surface area contributed by atoms with Gasteiger partial charge in [-0.15, -0.1) is 0 Å². The zero-order valence-corrected chi connectivity index (χ0v) is 12.6. The Morgan fingerprint density at radius 2 is 1.73 bits per heavy atom. The molecule has 0 bridgehead atoms. The minimum absolute atomic E-state index is 0.111. The minimum Gasteiger partial charge on any atom is -0.310 e. The predicted molar refractivity (Wildman–Crippen MR) is 85.1 cm³/mol. The Labute approximate surface area is 130 Å². The standard InChI is InChI=1S/C18H19FN2O/c1-14-18(22)21(17-5-3-2-4-6-17)12-11-20(14)13-15-7-9-16(19)10-8-15/h2-10,14H,11-13H2,1H3. The van der Waals surface area contributed by atoms with E-state index in [1.54, 1.807) is 12.1 Å². The molecule has 0 aromatic heterocycles. The Bertz CT molecular complexity index is 642. The molecule has 2 aromatic rings. The molecule has 1 aliphatic rings. The van der Waals surface area contributed by atoms with E-state index < -0.39 is 0 Å². The Balaban J connectivity index is 1.70. The number of para-hydroxylation sites is 1. The van der Waals surface area contributed by atoms with Crippen LogP contribution in [0.4, 0.5) is 10.1 Å². The van der Waals surface area contributed by atoms with Gasteiger partial charge in [0.1, 0.15) is 5.82 Å². The number of anilines is 1. The zero-order chi connectivity index (χ0) is 15.5. The second-order valence-corrected chi connectivity index (χ2v) is 5.60. The molecule has 1 unspecified atom stereocenters. The first-order valence-corrected chi connectivity index (χ1v) is 7.50. The van der Waals surface area contributed by atoms with E-state index in [0.29, 0.717) is 13.1 Å². The number of carbonyl (C=O) groups excluding carboxylic acids is 1. The first-order valence-electron chi connectivity index (χ1n) is 7.50. The third kappa shape index (κ3) is 3.02. The summed E-state index contributed by atoms with van der Waals surface area (Å²) < 4.78 is 13.0. The van der Waals surface area contributed by atoms with Crippen molar-refractivity contribution in [2.24, 2.45) is 0 Å². The maximum Gasteiger partial charge on any atom is 0.244 e. The molecule has 22 heavy (non-hydrogen) atoms. The van der Waals surface area contributed by atoms with Gasteiger partial charge in [0.2, 0.25) is 5.91 Å². The molecule has 1 amide bonds. The molecule has 4 heteroatoms. The summed E-state index contributed by atoms with van der Waals surface area (Å²) in [4.78, 5) is 16.6. The van der Waals surface area contributed by atoms with Gasteiger partial charge in [0, 0.05) is 25.3 Å². The van der Waals surface area contributed by atoms with Gasteiger partial charge in [0.25, 0.3) is 0 Å². The lowest BCUT2D eigenvalue weighted by molar-refractivity contribution is -0.125. The molecule has 0 spiro atoms. The van der Waals surface area contributed by atoms with Gasteiger partial charge >= 0.3 is 0 Å². The van der Waals surface area contributed by atoms with Crippen molar-refractivity contribution in [2.45, 2.75) is 19.5 Å². The Morgan fingerprint density at radius 3 is 2.41 bits per heavy atom. The van der Waals surface area contributed by atoms with Crippen LogP contribution in [0.2, 0.25) is 0 Å². The van der Waals surface area contributed by atoms with Gasteiger partial charge in [0.15, 0.2) is 0 Å². The normalized spacial score (nSPS) is 19.5. The SMILES string of the molecule is CC1C(=O)N(c2ccccc2)CCN1Cc1ccc(F)cc1. The van der Waals surface area contributed by atoms with Crippen molar-refractivity contribution in [3.05, 3.63) is 66.0 Å². The maximum atomic E-state index is 13.0. The van der Waals surface area contributed by atoms with Gasteiger partial charge in [-0.3, -0.25) is 9.69 Å². The molecule has 3 rings (SSSR count). The summed E-state index contributed by atoms with van der Waals surface area (Å²) in [6.07, 6.45) is 0. The quantitative estimate of drug-likeness (QED) is 0.869. The fourth-order valence-corrected chi connectivity index (χ4v) is 2.82. The summed E-state index contributed by atoms with van der Waals surface area (Å²) in [5, 5.41) is 0. The van der Waals surface area contributed by atoms with E-state index in [1.165, 1.54) is 12.1 Å². The molecule has 0 saturated carbocycles. The van der Waals surface area contributed by atoms with Crippen LogP contribution in [0.3, 0.4) is 0 Å². The Hall–Kier alpha value is -2.20. The van der Waals surface area contributed by atoms with E-state index in [2.05, 4.69) is 4.90 Å². The largest absolute Gasteiger partial charge is 0.310 e. The van der Waals surface area contributed by atoms with Crippen LogP contribution in [0, 0.1) is 5.82 Å². The molecule has 1 aliphatic heterocycles. The molecular weight excluding hydrogens is 279 g/mol. The smallest absolute Gasteiger partial charge is 0.244 e. The van der Waals surface area contributed by atoms with Gasteiger partial charge in [-0.2, -0.15) is 0 Å². The van der Waals surface area contributed by atoms with Gasteiger partial charge in [-0.1, -0.05) is 30.3 Å². The van der Waals surface area contributed by atoms with Crippen molar-refractivity contribution in [2.75, 3.05) is 18.0 Å². The average Bonchev–Trinajstić information content (AvgIpc) is 2.55. The summed E-state index contributed by atoms with van der Waals surface area (Å²) in [5.41, 5.74) is 1.97. The first-order chi connectivity index (χ1) is 10.6. The van der Waals surface area contributed by atoms with Gasteiger partial charge in [-0.05, 0) is 36.8 Å². The van der Waals surface area contributed by atoms with E-state index in [0.717, 1.165) is 17.8 Å². The number of benzene rings is 2. The van der Waals surface area contributed by atoms with E-state index >= 15 is 0 Å². The molecule has 3 nitrogen and oxygen atoms in total. The van der Waals surface area contributed by atoms with E-state index in [-0.39, 0.29) is 17.8 Å². The monoisotopic (exact) mass is 298 g/mol. The highest BCUT2D eigenvalue weighted by molar-refractivity contribution is 5.97. The lowest BCUT2D eigenvalue weighted by atomic mass is 10.1. The van der Waals surface area contributed by atoms with Crippen molar-refractivity contribution in [3.63, 3.8) is 0 Å². The van der Waals surface area contributed by atoms with Crippen molar-refractivity contribution in [1.29, 1.82) is 0 Å². The summed E-state index contributed by atoms with van der Waals surface area (Å²) in [6.45, 7) is 4.07. The topological polar surface area (TPSA) is 23.6 Å². The van der Waals surface area contributed by atoms with E-state index in [9.17, 15) is 9.18 Å². The van der Waals surface area contributed by atoms with Gasteiger partial charge < -0.3 is 4.90 Å². The predicted octanol–water partition coefficient (Wildman–Crippen LogP) is 3.06. The fourth-order valence-electron chi connectivity index (χ4n) is 2.82. The summed E-state index contributed by atoms with van der Waals surface area (Å²) in [6, 6.07) is 16.0. The van der Waals surface area contributed by atoms with Crippen molar-refractivity contribution in [1.82, 2.24) is 4.90 Å². The fraction of sp³-hybridized carbons (Fsp3) is 0.278. The number of hydrogen-bond acceptors (Lipinski definition) is 2. The number of rotatable bonds is 3. The Kier molecular flexibility index (Phi) is 4.20. The average molecular weight is 298 g/mol. The second kappa shape index (κ2) is 6.28. The highest BCUT2D eigenvalue weighted by atomic mass is 19.1. The third-order valence-corrected chi connectivity index (χ3v) is 4.15. The van der Waals surface area contributed by atoms with E-state index in [4.69, 9.17) is 0 Å². The molecule has 2 aromatic carbocycles. The van der Waals surface area contributed by atoms with Crippen LogP contribution in [-0.2, 0) is 11.3 Å². The number of carbonyl (C=O) groups is 1. The van der Waals surface area contributed by atoms with Crippen LogP contribution in [0.5, 0.6) is 0 Å². The zero-order valence-electron chi connectivity index (χ0n) is 12.6. The van der Waals surface area contributed by atoms with E-state index in [1.807, 2.05) is 42.2 Å². The second-order valence-electron chi connectivity index (χ2n) is 5.60. The molecule has 1 heterocycles. The minimum atomic E-state index is -0.234. The maximum absolute atomic E-state index is 13.0. The van der Waals surface area contributed by atoms with Crippen LogP contribution < -0.4 is 4.90 Å². The van der Waals surface area contributed by atoms with Crippen molar-refractivity contribution in [3.8, 4) is 0 Å². The van der Waals surface area contributed by atoms with Crippen LogP contribution in [-0.4, -0.2) is 29.9 Å². The first kappa shape index (κ1) is 14.7. The van der Waals surface area contributed by atoms with Crippen LogP contribution in [0.25, 0.3) is 0 Å². The molecule has 114 valence electrons. The van der Waals surface area contributed by atoms with Crippen molar-refractivity contribution >= 4 is 11.6 Å². The number of nitrogens with zero attached hydrogens (tertiary/aromatic N) is 2. The molecule has 1 atom stereocenters. The van der Waals surface area contributed by atoms with Crippen LogP contribution in [0.15, 0.2) is 54.6 Å². The molecule has 0 radical (unpaired) electrons. The molecule has 0 N–H and O–H groups in total. The summed E-state index contributed by atoms with van der Waals surface area (Å²) >= 11 is 0. The molecule has 0 aliphatic carbocycles. The molecule has 1 saturated heterocycles. The number of piperazine rings is 1. The third-order valence-electron chi connectivity index (χ3n) is 4.15. The van der Waals surface area contributed by atoms with Crippen molar-refractivity contribution < 1.29 is 9.18 Å². The number of amides is 1.